The minimum atomic E-state index is -0.346. The van der Waals surface area contributed by atoms with E-state index in [4.69, 9.17) is 11.6 Å². The molecule has 5 nitrogen and oxygen atoms in total. The van der Waals surface area contributed by atoms with Crippen molar-refractivity contribution in [2.75, 3.05) is 11.9 Å². The maximum atomic E-state index is 12.3. The SMILES string of the molecule is C=CCNC(=O)c1cncc(C(=O)Nc2ccc(Cl)cc2C)c1. The zero-order valence-corrected chi connectivity index (χ0v) is 13.4. The molecule has 0 aliphatic carbocycles. The van der Waals surface area contributed by atoms with Gasteiger partial charge in [0.05, 0.1) is 11.1 Å². The van der Waals surface area contributed by atoms with Crippen molar-refractivity contribution in [3.63, 3.8) is 0 Å². The molecule has 2 amide bonds. The van der Waals surface area contributed by atoms with Crippen LogP contribution in [0.1, 0.15) is 26.3 Å². The second kappa shape index (κ2) is 7.56. The Bertz CT molecular complexity index is 759. The summed E-state index contributed by atoms with van der Waals surface area (Å²) in [6.07, 6.45) is 4.39. The summed E-state index contributed by atoms with van der Waals surface area (Å²) >= 11 is 5.89. The minimum absolute atomic E-state index is 0.297. The third kappa shape index (κ3) is 4.40. The highest BCUT2D eigenvalue weighted by molar-refractivity contribution is 6.30. The highest BCUT2D eigenvalue weighted by Gasteiger charge is 2.12. The van der Waals surface area contributed by atoms with Crippen molar-refractivity contribution in [1.82, 2.24) is 10.3 Å². The van der Waals surface area contributed by atoms with Crippen LogP contribution in [0.25, 0.3) is 0 Å². The lowest BCUT2D eigenvalue weighted by Crippen LogP contribution is -2.24. The van der Waals surface area contributed by atoms with Crippen LogP contribution in [0.4, 0.5) is 5.69 Å². The normalized spacial score (nSPS) is 10.0. The molecule has 0 aliphatic rings. The zero-order chi connectivity index (χ0) is 16.8. The highest BCUT2D eigenvalue weighted by Crippen LogP contribution is 2.20. The summed E-state index contributed by atoms with van der Waals surface area (Å²) in [6, 6.07) is 6.67. The minimum Gasteiger partial charge on any atom is -0.349 e. The first kappa shape index (κ1) is 16.7. The van der Waals surface area contributed by atoms with Gasteiger partial charge in [-0.15, -0.1) is 6.58 Å². The zero-order valence-electron chi connectivity index (χ0n) is 12.6. The predicted octanol–water partition coefficient (Wildman–Crippen LogP) is 3.21. The Morgan fingerprint density at radius 3 is 2.57 bits per heavy atom. The predicted molar refractivity (Wildman–Crippen MR) is 90.9 cm³/mol. The van der Waals surface area contributed by atoms with E-state index in [9.17, 15) is 9.59 Å². The molecule has 2 aromatic rings. The number of aromatic nitrogens is 1. The van der Waals surface area contributed by atoms with Gasteiger partial charge in [-0.25, -0.2) is 0 Å². The maximum Gasteiger partial charge on any atom is 0.257 e. The Morgan fingerprint density at radius 2 is 1.91 bits per heavy atom. The molecular weight excluding hydrogens is 314 g/mol. The van der Waals surface area contributed by atoms with E-state index in [-0.39, 0.29) is 11.8 Å². The van der Waals surface area contributed by atoms with Gasteiger partial charge < -0.3 is 10.6 Å². The van der Waals surface area contributed by atoms with Crippen LogP contribution < -0.4 is 10.6 Å². The number of pyridine rings is 1. The number of anilines is 1. The van der Waals surface area contributed by atoms with Gasteiger partial charge in [0.15, 0.2) is 0 Å². The number of benzene rings is 1. The Morgan fingerprint density at radius 1 is 1.22 bits per heavy atom. The second-order valence-electron chi connectivity index (χ2n) is 4.87. The summed E-state index contributed by atoms with van der Waals surface area (Å²) in [5.74, 6) is -0.656. The quantitative estimate of drug-likeness (QED) is 0.827. The summed E-state index contributed by atoms with van der Waals surface area (Å²) in [5.41, 5.74) is 2.11. The van der Waals surface area contributed by atoms with Gasteiger partial charge in [0, 0.05) is 29.6 Å². The molecule has 23 heavy (non-hydrogen) atoms. The molecule has 0 aliphatic heterocycles. The van der Waals surface area contributed by atoms with Crippen LogP contribution >= 0.6 is 11.6 Å². The van der Waals surface area contributed by atoms with Crippen molar-refractivity contribution in [1.29, 1.82) is 0 Å². The molecule has 1 heterocycles. The lowest BCUT2D eigenvalue weighted by atomic mass is 10.1. The molecule has 0 radical (unpaired) electrons. The fourth-order valence-electron chi connectivity index (χ4n) is 1.92. The van der Waals surface area contributed by atoms with Crippen molar-refractivity contribution in [2.45, 2.75) is 6.92 Å². The van der Waals surface area contributed by atoms with Crippen molar-refractivity contribution in [3.8, 4) is 0 Å². The molecule has 1 aromatic carbocycles. The Hall–Kier alpha value is -2.66. The lowest BCUT2D eigenvalue weighted by Gasteiger charge is -2.09. The molecule has 0 spiro atoms. The number of carbonyl (C=O) groups is 2. The second-order valence-corrected chi connectivity index (χ2v) is 5.31. The van der Waals surface area contributed by atoms with E-state index in [1.165, 1.54) is 18.5 Å². The molecule has 2 N–H and O–H groups in total. The van der Waals surface area contributed by atoms with E-state index in [0.717, 1.165) is 5.56 Å². The summed E-state index contributed by atoms with van der Waals surface area (Å²) in [5, 5.41) is 6.01. The van der Waals surface area contributed by atoms with Gasteiger partial charge in [0.1, 0.15) is 0 Å². The summed E-state index contributed by atoms with van der Waals surface area (Å²) < 4.78 is 0. The number of hydrogen-bond acceptors (Lipinski definition) is 3. The molecule has 0 atom stereocenters. The Kier molecular flexibility index (Phi) is 5.49. The molecule has 2 rings (SSSR count). The summed E-state index contributed by atoms with van der Waals surface area (Å²) in [7, 11) is 0. The third-order valence-corrected chi connectivity index (χ3v) is 3.34. The molecule has 0 saturated carbocycles. The van der Waals surface area contributed by atoms with E-state index < -0.39 is 0 Å². The average Bonchev–Trinajstić information content (AvgIpc) is 2.55. The first-order valence-electron chi connectivity index (χ1n) is 6.93. The largest absolute Gasteiger partial charge is 0.349 e. The molecule has 0 fully saturated rings. The van der Waals surface area contributed by atoms with E-state index >= 15 is 0 Å². The van der Waals surface area contributed by atoms with Gasteiger partial charge >= 0.3 is 0 Å². The number of aryl methyl sites for hydroxylation is 1. The van der Waals surface area contributed by atoms with Gasteiger partial charge in [-0.3, -0.25) is 14.6 Å². The van der Waals surface area contributed by atoms with Crippen LogP contribution in [0.2, 0.25) is 5.02 Å². The van der Waals surface area contributed by atoms with Crippen LogP contribution in [0.3, 0.4) is 0 Å². The molecule has 6 heteroatoms. The first-order valence-corrected chi connectivity index (χ1v) is 7.30. The maximum absolute atomic E-state index is 12.3. The standard InChI is InChI=1S/C17H16ClN3O2/c1-3-6-20-16(22)12-8-13(10-19-9-12)17(23)21-15-5-4-14(18)7-11(15)2/h3-5,7-10H,1,6H2,2H3,(H,20,22)(H,21,23). The topological polar surface area (TPSA) is 71.1 Å². The van der Waals surface area contributed by atoms with Gasteiger partial charge in [-0.05, 0) is 36.8 Å². The number of amides is 2. The number of halogens is 1. The number of hydrogen-bond donors (Lipinski definition) is 2. The lowest BCUT2D eigenvalue weighted by molar-refractivity contribution is 0.0957. The molecule has 0 bridgehead atoms. The van der Waals surface area contributed by atoms with Crippen LogP contribution in [0, 0.1) is 6.92 Å². The van der Waals surface area contributed by atoms with Crippen LogP contribution in [0.15, 0.2) is 49.3 Å². The van der Waals surface area contributed by atoms with Crippen molar-refractivity contribution < 1.29 is 9.59 Å². The van der Waals surface area contributed by atoms with Gasteiger partial charge in [-0.2, -0.15) is 0 Å². The first-order chi connectivity index (χ1) is 11.0. The van der Waals surface area contributed by atoms with E-state index in [0.29, 0.717) is 28.4 Å². The number of carbonyl (C=O) groups excluding carboxylic acids is 2. The Labute approximate surface area is 139 Å². The molecule has 1 aromatic heterocycles. The average molecular weight is 330 g/mol. The molecule has 0 unspecified atom stereocenters. The summed E-state index contributed by atoms with van der Waals surface area (Å²) in [6.45, 7) is 5.72. The Balaban J connectivity index is 2.16. The van der Waals surface area contributed by atoms with Crippen LogP contribution in [-0.2, 0) is 0 Å². The fourth-order valence-corrected chi connectivity index (χ4v) is 2.14. The molecule has 118 valence electrons. The fraction of sp³-hybridized carbons (Fsp3) is 0.118. The van der Waals surface area contributed by atoms with Gasteiger partial charge in [-0.1, -0.05) is 17.7 Å². The number of nitrogens with zero attached hydrogens (tertiary/aromatic N) is 1. The van der Waals surface area contributed by atoms with E-state index in [2.05, 4.69) is 22.2 Å². The van der Waals surface area contributed by atoms with Crippen LogP contribution in [0.5, 0.6) is 0 Å². The molecule has 0 saturated heterocycles. The van der Waals surface area contributed by atoms with Crippen molar-refractivity contribution in [2.24, 2.45) is 0 Å². The number of rotatable bonds is 5. The van der Waals surface area contributed by atoms with Gasteiger partial charge in [0.25, 0.3) is 11.8 Å². The van der Waals surface area contributed by atoms with E-state index in [1.807, 2.05) is 6.92 Å². The van der Waals surface area contributed by atoms with Crippen LogP contribution in [-0.4, -0.2) is 23.3 Å². The number of nitrogens with one attached hydrogen (secondary N) is 2. The highest BCUT2D eigenvalue weighted by atomic mass is 35.5. The smallest absolute Gasteiger partial charge is 0.257 e. The van der Waals surface area contributed by atoms with Gasteiger partial charge in [0.2, 0.25) is 0 Å². The summed E-state index contributed by atoms with van der Waals surface area (Å²) in [4.78, 5) is 28.1. The van der Waals surface area contributed by atoms with Crippen molar-refractivity contribution >= 4 is 29.1 Å². The van der Waals surface area contributed by atoms with E-state index in [1.54, 1.807) is 24.3 Å². The van der Waals surface area contributed by atoms with Crippen molar-refractivity contribution in [3.05, 3.63) is 71.0 Å². The molecular formula is C17H16ClN3O2. The third-order valence-electron chi connectivity index (χ3n) is 3.11. The monoisotopic (exact) mass is 329 g/mol.